The third-order valence-electron chi connectivity index (χ3n) is 3.71. The molecule has 3 nitrogen and oxygen atoms in total. The third kappa shape index (κ3) is 2.07. The van der Waals surface area contributed by atoms with E-state index in [9.17, 15) is 0 Å². The SMILES string of the molecule is CCOc1ccccc1-c1cn2c(n1)sc1cc(C)ccc12. The molecule has 110 valence electrons. The van der Waals surface area contributed by atoms with Crippen molar-refractivity contribution in [3.63, 3.8) is 0 Å². The van der Waals surface area contributed by atoms with Gasteiger partial charge in [-0.3, -0.25) is 4.40 Å². The molecule has 4 aromatic rings. The van der Waals surface area contributed by atoms with Crippen molar-refractivity contribution in [2.24, 2.45) is 0 Å². The second kappa shape index (κ2) is 5.14. The number of imidazole rings is 1. The molecule has 0 radical (unpaired) electrons. The fourth-order valence-corrected chi connectivity index (χ4v) is 3.80. The van der Waals surface area contributed by atoms with Crippen LogP contribution in [-0.4, -0.2) is 16.0 Å². The van der Waals surface area contributed by atoms with E-state index >= 15 is 0 Å². The molecule has 0 aliphatic heterocycles. The fourth-order valence-electron chi connectivity index (χ4n) is 2.70. The number of rotatable bonds is 3. The molecule has 0 aliphatic rings. The minimum atomic E-state index is 0.654. The predicted octanol–water partition coefficient (Wildman–Crippen LogP) is 4.92. The molecule has 2 aromatic heterocycles. The lowest BCUT2D eigenvalue weighted by molar-refractivity contribution is 0.341. The minimum absolute atomic E-state index is 0.654. The van der Waals surface area contributed by atoms with E-state index in [1.807, 2.05) is 25.1 Å². The Bertz CT molecular complexity index is 968. The van der Waals surface area contributed by atoms with Gasteiger partial charge >= 0.3 is 0 Å². The van der Waals surface area contributed by atoms with Crippen LogP contribution in [0.25, 0.3) is 26.4 Å². The molecule has 0 saturated carbocycles. The Morgan fingerprint density at radius 1 is 1.18 bits per heavy atom. The lowest BCUT2D eigenvalue weighted by atomic mass is 10.1. The zero-order valence-corrected chi connectivity index (χ0v) is 13.4. The number of hydrogen-bond acceptors (Lipinski definition) is 3. The van der Waals surface area contributed by atoms with Gasteiger partial charge in [-0.1, -0.05) is 29.5 Å². The van der Waals surface area contributed by atoms with Crippen LogP contribution in [0.1, 0.15) is 12.5 Å². The van der Waals surface area contributed by atoms with Crippen LogP contribution in [0, 0.1) is 6.92 Å². The maximum Gasteiger partial charge on any atom is 0.195 e. The maximum atomic E-state index is 5.72. The largest absolute Gasteiger partial charge is 0.493 e. The van der Waals surface area contributed by atoms with Crippen LogP contribution in [0.2, 0.25) is 0 Å². The molecule has 0 unspecified atom stereocenters. The monoisotopic (exact) mass is 308 g/mol. The second-order valence-corrected chi connectivity index (χ2v) is 6.29. The van der Waals surface area contributed by atoms with Crippen molar-refractivity contribution in [2.45, 2.75) is 13.8 Å². The maximum absolute atomic E-state index is 5.72. The summed E-state index contributed by atoms with van der Waals surface area (Å²) in [6.07, 6.45) is 2.10. The Hall–Kier alpha value is -2.33. The fraction of sp³-hybridized carbons (Fsp3) is 0.167. The first-order valence-electron chi connectivity index (χ1n) is 7.36. The Kier molecular flexibility index (Phi) is 3.12. The van der Waals surface area contributed by atoms with Gasteiger partial charge in [-0.2, -0.15) is 0 Å². The molecule has 4 rings (SSSR count). The van der Waals surface area contributed by atoms with E-state index in [1.54, 1.807) is 11.3 Å². The van der Waals surface area contributed by atoms with E-state index in [2.05, 4.69) is 41.8 Å². The number of fused-ring (bicyclic) bond motifs is 3. The van der Waals surface area contributed by atoms with Crippen LogP contribution in [0.5, 0.6) is 5.75 Å². The normalized spacial score (nSPS) is 11.4. The predicted molar refractivity (Wildman–Crippen MR) is 91.9 cm³/mol. The van der Waals surface area contributed by atoms with E-state index < -0.39 is 0 Å². The molecule has 0 amide bonds. The summed E-state index contributed by atoms with van der Waals surface area (Å²) in [7, 11) is 0. The Balaban J connectivity index is 1.90. The summed E-state index contributed by atoms with van der Waals surface area (Å²) < 4.78 is 9.16. The van der Waals surface area contributed by atoms with Gasteiger partial charge in [0, 0.05) is 11.8 Å². The van der Waals surface area contributed by atoms with Gasteiger partial charge in [-0.15, -0.1) is 0 Å². The average molecular weight is 308 g/mol. The highest BCUT2D eigenvalue weighted by molar-refractivity contribution is 7.23. The molecule has 0 N–H and O–H groups in total. The number of aromatic nitrogens is 2. The van der Waals surface area contributed by atoms with E-state index in [1.165, 1.54) is 15.8 Å². The summed E-state index contributed by atoms with van der Waals surface area (Å²) in [6.45, 7) is 4.77. The van der Waals surface area contributed by atoms with E-state index in [-0.39, 0.29) is 0 Å². The van der Waals surface area contributed by atoms with E-state index in [0.29, 0.717) is 6.61 Å². The number of aryl methyl sites for hydroxylation is 1. The number of benzene rings is 2. The molecular formula is C18H16N2OS. The summed E-state index contributed by atoms with van der Waals surface area (Å²) in [6, 6.07) is 14.6. The lowest BCUT2D eigenvalue weighted by Crippen LogP contribution is -1.93. The molecule has 0 spiro atoms. The Morgan fingerprint density at radius 3 is 2.91 bits per heavy atom. The van der Waals surface area contributed by atoms with Crippen LogP contribution in [0.3, 0.4) is 0 Å². The first kappa shape index (κ1) is 13.3. The van der Waals surface area contributed by atoms with Gasteiger partial charge in [-0.25, -0.2) is 4.98 Å². The molecule has 2 heterocycles. The first-order valence-corrected chi connectivity index (χ1v) is 8.18. The third-order valence-corrected chi connectivity index (χ3v) is 4.73. The van der Waals surface area contributed by atoms with Gasteiger partial charge in [0.15, 0.2) is 4.96 Å². The zero-order chi connectivity index (χ0) is 15.1. The van der Waals surface area contributed by atoms with E-state index in [4.69, 9.17) is 9.72 Å². The van der Waals surface area contributed by atoms with Crippen molar-refractivity contribution < 1.29 is 4.74 Å². The van der Waals surface area contributed by atoms with Crippen LogP contribution >= 0.6 is 11.3 Å². The highest BCUT2D eigenvalue weighted by Crippen LogP contribution is 2.33. The lowest BCUT2D eigenvalue weighted by Gasteiger charge is -2.07. The smallest absolute Gasteiger partial charge is 0.195 e. The molecule has 4 heteroatoms. The summed E-state index contributed by atoms with van der Waals surface area (Å²) in [4.78, 5) is 5.81. The van der Waals surface area contributed by atoms with Gasteiger partial charge in [0.2, 0.25) is 0 Å². The average Bonchev–Trinajstić information content (AvgIpc) is 3.05. The second-order valence-electron chi connectivity index (χ2n) is 5.28. The molecule has 0 saturated heterocycles. The van der Waals surface area contributed by atoms with Gasteiger partial charge in [0.1, 0.15) is 5.75 Å². The number of ether oxygens (including phenoxy) is 1. The van der Waals surface area contributed by atoms with Crippen molar-refractivity contribution >= 4 is 26.5 Å². The van der Waals surface area contributed by atoms with E-state index in [0.717, 1.165) is 22.0 Å². The number of para-hydroxylation sites is 1. The van der Waals surface area contributed by atoms with Gasteiger partial charge < -0.3 is 4.74 Å². The standard InChI is InChI=1S/C18H16N2OS/c1-3-21-16-7-5-4-6-13(16)14-11-20-15-9-8-12(2)10-17(15)22-18(20)19-14/h4-11H,3H2,1-2H3. The minimum Gasteiger partial charge on any atom is -0.493 e. The van der Waals surface area contributed by atoms with Crippen LogP contribution in [0.15, 0.2) is 48.7 Å². The van der Waals surface area contributed by atoms with Gasteiger partial charge in [0.25, 0.3) is 0 Å². The van der Waals surface area contributed by atoms with Crippen molar-refractivity contribution in [2.75, 3.05) is 6.61 Å². The van der Waals surface area contributed by atoms with Crippen LogP contribution < -0.4 is 4.74 Å². The van der Waals surface area contributed by atoms with Crippen molar-refractivity contribution in [1.82, 2.24) is 9.38 Å². The summed E-state index contributed by atoms with van der Waals surface area (Å²) in [5.74, 6) is 0.885. The number of thiazole rings is 1. The van der Waals surface area contributed by atoms with Crippen LogP contribution in [-0.2, 0) is 0 Å². The Morgan fingerprint density at radius 2 is 2.05 bits per heavy atom. The molecule has 0 bridgehead atoms. The number of hydrogen-bond donors (Lipinski definition) is 0. The topological polar surface area (TPSA) is 26.5 Å². The molecule has 2 aromatic carbocycles. The Labute approximate surface area is 132 Å². The molecule has 0 atom stereocenters. The molecule has 0 fully saturated rings. The summed E-state index contributed by atoms with van der Waals surface area (Å²) in [5.41, 5.74) is 4.48. The van der Waals surface area contributed by atoms with Gasteiger partial charge in [-0.05, 0) is 43.7 Å². The van der Waals surface area contributed by atoms with Crippen molar-refractivity contribution in [1.29, 1.82) is 0 Å². The first-order chi connectivity index (χ1) is 10.8. The zero-order valence-electron chi connectivity index (χ0n) is 12.5. The van der Waals surface area contributed by atoms with Gasteiger partial charge in [0.05, 0.1) is 22.5 Å². The summed E-state index contributed by atoms with van der Waals surface area (Å²) >= 11 is 1.72. The highest BCUT2D eigenvalue weighted by Gasteiger charge is 2.13. The number of nitrogens with zero attached hydrogens (tertiary/aromatic N) is 2. The quantitative estimate of drug-likeness (QED) is 0.537. The molecular weight excluding hydrogens is 292 g/mol. The van der Waals surface area contributed by atoms with Crippen LogP contribution in [0.4, 0.5) is 0 Å². The highest BCUT2D eigenvalue weighted by atomic mass is 32.1. The molecule has 0 aliphatic carbocycles. The molecule has 22 heavy (non-hydrogen) atoms. The van der Waals surface area contributed by atoms with Crippen molar-refractivity contribution in [3.8, 4) is 17.0 Å². The van der Waals surface area contributed by atoms with Crippen molar-refractivity contribution in [3.05, 3.63) is 54.2 Å². The summed E-state index contributed by atoms with van der Waals surface area (Å²) in [5, 5.41) is 0.